The van der Waals surface area contributed by atoms with Crippen LogP contribution in [0.4, 0.5) is 9.59 Å². The fraction of sp³-hybridized carbons (Fsp3) is 0.400. The van der Waals surface area contributed by atoms with Crippen molar-refractivity contribution in [1.82, 2.24) is 24.6 Å². The van der Waals surface area contributed by atoms with Crippen LogP contribution in [0.1, 0.15) is 33.9 Å². The predicted molar refractivity (Wildman–Crippen MR) is 281 cm³/mol. The van der Waals surface area contributed by atoms with Crippen LogP contribution in [0.5, 0.6) is 0 Å². The summed E-state index contributed by atoms with van der Waals surface area (Å²) in [5.41, 5.74) is 5.12. The lowest BCUT2D eigenvalue weighted by molar-refractivity contribution is -0.488. The van der Waals surface area contributed by atoms with Crippen LogP contribution in [0.2, 0.25) is 51.4 Å². The number of hydrogen-bond donors (Lipinski definition) is 3. The van der Waals surface area contributed by atoms with E-state index in [4.69, 9.17) is 18.9 Å². The zero-order valence-corrected chi connectivity index (χ0v) is 46.2. The van der Waals surface area contributed by atoms with Gasteiger partial charge in [-0.05, 0) is 65.5 Å². The highest BCUT2D eigenvalue weighted by Crippen LogP contribution is 2.23. The average Bonchev–Trinajstić information content (AvgIpc) is 3.86. The maximum Gasteiger partial charge on any atom is 0.408 e. The van der Waals surface area contributed by atoms with E-state index in [0.717, 1.165) is 11.1 Å². The van der Waals surface area contributed by atoms with Gasteiger partial charge in [-0.15, -0.1) is 3.97 Å². The Hall–Kier alpha value is -6.37. The van der Waals surface area contributed by atoms with Crippen molar-refractivity contribution in [3.05, 3.63) is 131 Å². The third-order valence-corrected chi connectivity index (χ3v) is 19.1. The van der Waals surface area contributed by atoms with Gasteiger partial charge in [0, 0.05) is 35.9 Å². The summed E-state index contributed by atoms with van der Waals surface area (Å²) in [6.07, 6.45) is -1.28. The van der Waals surface area contributed by atoms with Crippen LogP contribution in [0.25, 0.3) is 22.1 Å². The number of amides is 2. The molecule has 2 atom stereocenters. The van der Waals surface area contributed by atoms with Gasteiger partial charge in [-0.2, -0.15) is 8.42 Å². The number of aromatic amines is 1. The minimum atomic E-state index is -3.59. The standard InChI is InChI=1S/2C25H33N3O6SSi/c1-18-26-21-15-20(11-12-23(21)28(18)35(31,32)13-14-36(3,4)5)16-22(24(29)33-2)27-25(30)34-17-19-9-7-6-8-10-19;1-18-26-21-12-11-20(16-23(21)28(18)35(31,32)13-14-36(3,4)5)15-22(24(29)33-2)27-25(30)34-17-19-9-7-6-8-10-19/h6-12,15,22H,13-14,16-17H2,1-5H3,(H,27,30);6-12,16,22H,13-15,17H2,1-5H3,(H,27,30)/p+1/t2*22-/m11/s1. The number of nitrogens with one attached hydrogen (secondary N) is 3. The largest absolute Gasteiger partial charge is 0.467 e. The molecule has 4 aromatic carbocycles. The summed E-state index contributed by atoms with van der Waals surface area (Å²) in [6, 6.07) is 28.1. The van der Waals surface area contributed by atoms with E-state index in [2.05, 4.69) is 59.9 Å². The molecule has 0 saturated carbocycles. The summed E-state index contributed by atoms with van der Waals surface area (Å²) in [5, 5.41) is 5.11. The summed E-state index contributed by atoms with van der Waals surface area (Å²) < 4.78 is 75.4. The molecule has 0 aliphatic carbocycles. The van der Waals surface area contributed by atoms with Crippen molar-refractivity contribution in [2.45, 2.75) is 103 Å². The summed E-state index contributed by atoms with van der Waals surface area (Å²) in [7, 11) is -7.78. The van der Waals surface area contributed by atoms with Crippen molar-refractivity contribution < 1.29 is 58.9 Å². The number of carbonyl (C=O) groups excluding carboxylic acids is 4. The third kappa shape index (κ3) is 16.3. The Morgan fingerprint density at radius 1 is 0.653 bits per heavy atom. The van der Waals surface area contributed by atoms with E-state index >= 15 is 0 Å². The number of fused-ring (bicyclic) bond motifs is 2. The second-order valence-electron chi connectivity index (χ2n) is 19.8. The van der Waals surface area contributed by atoms with Crippen molar-refractivity contribution in [3.8, 4) is 0 Å². The van der Waals surface area contributed by atoms with E-state index in [1.54, 1.807) is 50.2 Å². The van der Waals surface area contributed by atoms with Crippen LogP contribution < -0.4 is 14.6 Å². The molecule has 0 fully saturated rings. The monoisotopic (exact) mass is 1060 g/mol. The lowest BCUT2D eigenvalue weighted by Crippen LogP contribution is -2.47. The van der Waals surface area contributed by atoms with E-state index < -0.39 is 72.4 Å². The van der Waals surface area contributed by atoms with E-state index in [0.29, 0.717) is 56.9 Å². The number of aromatic nitrogens is 4. The van der Waals surface area contributed by atoms with Gasteiger partial charge in [-0.25, -0.2) is 41.5 Å². The Labute approximate surface area is 423 Å². The molecule has 0 saturated heterocycles. The highest BCUT2D eigenvalue weighted by Gasteiger charge is 2.31. The number of rotatable bonds is 20. The average molecular weight is 1060 g/mol. The number of carbonyl (C=O) groups is 4. The van der Waals surface area contributed by atoms with Crippen molar-refractivity contribution in [2.24, 2.45) is 0 Å². The molecule has 0 bridgehead atoms. The van der Waals surface area contributed by atoms with E-state index in [9.17, 15) is 36.0 Å². The topological polar surface area (TPSA) is 235 Å². The molecule has 2 aromatic heterocycles. The number of aryl methyl sites for hydroxylation is 2. The normalized spacial score (nSPS) is 12.8. The number of benzene rings is 4. The van der Waals surface area contributed by atoms with Crippen molar-refractivity contribution in [1.29, 1.82) is 0 Å². The lowest BCUT2D eigenvalue weighted by atomic mass is 10.1. The quantitative estimate of drug-likeness (QED) is 0.0298. The first kappa shape index (κ1) is 56.5. The lowest BCUT2D eigenvalue weighted by Gasteiger charge is -2.17. The Morgan fingerprint density at radius 3 is 1.61 bits per heavy atom. The van der Waals surface area contributed by atoms with Gasteiger partial charge in [0.15, 0.2) is 11.0 Å². The number of alkyl carbamates (subject to hydrolysis) is 2. The number of hydrogen-bond acceptors (Lipinski definition) is 13. The smallest absolute Gasteiger partial charge is 0.408 e. The molecule has 0 aliphatic rings. The first-order valence-corrected chi connectivity index (χ1v) is 34.0. The van der Waals surface area contributed by atoms with E-state index in [1.807, 2.05) is 60.7 Å². The molecule has 0 spiro atoms. The van der Waals surface area contributed by atoms with Crippen LogP contribution in [0.15, 0.2) is 97.1 Å². The van der Waals surface area contributed by atoms with Gasteiger partial charge in [0.1, 0.15) is 31.1 Å². The molecule has 22 heteroatoms. The van der Waals surface area contributed by atoms with Crippen molar-refractivity contribution in [2.75, 3.05) is 25.7 Å². The highest BCUT2D eigenvalue weighted by molar-refractivity contribution is 7.90. The van der Waals surface area contributed by atoms with E-state index in [-0.39, 0.29) is 37.6 Å². The first-order valence-electron chi connectivity index (χ1n) is 23.4. The number of esters is 2. The van der Waals surface area contributed by atoms with Crippen LogP contribution in [-0.2, 0) is 74.6 Å². The van der Waals surface area contributed by atoms with Crippen molar-refractivity contribution >= 4 is 82.4 Å². The third-order valence-electron chi connectivity index (χ3n) is 11.4. The fourth-order valence-corrected chi connectivity index (χ4v) is 16.6. The molecule has 18 nitrogen and oxygen atoms in total. The molecule has 72 heavy (non-hydrogen) atoms. The Balaban J connectivity index is 0.000000267. The van der Waals surface area contributed by atoms with Gasteiger partial charge in [0.2, 0.25) is 10.0 Å². The Kier molecular flexibility index (Phi) is 19.1. The van der Waals surface area contributed by atoms with Crippen molar-refractivity contribution in [3.63, 3.8) is 0 Å². The number of ether oxygens (including phenoxy) is 4. The molecular formula is C50H67N6O12S2Si2+. The molecule has 0 radical (unpaired) electrons. The van der Waals surface area contributed by atoms with Crippen LogP contribution in [0, 0.1) is 13.8 Å². The fourth-order valence-electron chi connectivity index (χ4n) is 7.47. The molecule has 2 amide bonds. The molecule has 0 aliphatic heterocycles. The number of nitrogens with zero attached hydrogens (tertiary/aromatic N) is 3. The van der Waals surface area contributed by atoms with Crippen LogP contribution in [-0.4, -0.2) is 109 Å². The highest BCUT2D eigenvalue weighted by atomic mass is 32.2. The Morgan fingerprint density at radius 2 is 1.12 bits per heavy atom. The maximum absolute atomic E-state index is 13.2. The summed E-state index contributed by atoms with van der Waals surface area (Å²) in [5.74, 6) is -0.244. The minimum absolute atomic E-state index is 0.0600. The second-order valence-corrected chi connectivity index (χ2v) is 34.9. The molecule has 2 heterocycles. The minimum Gasteiger partial charge on any atom is -0.467 e. The first-order chi connectivity index (χ1) is 33.8. The number of methoxy groups -OCH3 is 2. The van der Waals surface area contributed by atoms with Gasteiger partial charge in [-0.1, -0.05) is 112 Å². The molecule has 6 rings (SSSR count). The predicted octanol–water partition coefficient (Wildman–Crippen LogP) is 7.16. The molecule has 6 aromatic rings. The van der Waals surface area contributed by atoms with Crippen LogP contribution >= 0.6 is 0 Å². The second kappa shape index (κ2) is 24.4. The zero-order valence-electron chi connectivity index (χ0n) is 42.6. The molecule has 0 unspecified atom stereocenters. The van der Waals surface area contributed by atoms with Crippen LogP contribution in [0.3, 0.4) is 0 Å². The summed E-state index contributed by atoms with van der Waals surface area (Å²) in [4.78, 5) is 57.0. The molecule has 388 valence electrons. The molecular weight excluding hydrogens is 997 g/mol. The maximum atomic E-state index is 13.2. The molecule has 3 N–H and O–H groups in total. The Bertz CT molecular complexity index is 3080. The van der Waals surface area contributed by atoms with Gasteiger partial charge in [-0.3, -0.25) is 0 Å². The zero-order chi connectivity index (χ0) is 53.0. The van der Waals surface area contributed by atoms with Gasteiger partial charge >= 0.3 is 34.1 Å². The summed E-state index contributed by atoms with van der Waals surface area (Å²) in [6.45, 7) is 16.3. The number of imidazole rings is 2. The van der Waals surface area contributed by atoms with Gasteiger partial charge in [0.25, 0.3) is 5.82 Å². The van der Waals surface area contributed by atoms with Gasteiger partial charge in [0.05, 0.1) is 36.8 Å². The van der Waals surface area contributed by atoms with E-state index in [1.165, 1.54) is 22.2 Å². The SMILES string of the molecule is COC(=O)[C@@H](Cc1ccc2[nH]c(C)[n+](S(=O)(=O)CC[Si](C)(C)C)c2c1)NC(=O)OCc1ccccc1.COC(=O)[C@@H](Cc1ccc2c(c1)nc(C)n2S(=O)(=O)CC[Si](C)(C)C)NC(=O)OCc1ccccc1. The summed E-state index contributed by atoms with van der Waals surface area (Å²) >= 11 is 0. The number of H-pyrrole nitrogens is 1. The van der Waals surface area contributed by atoms with Gasteiger partial charge < -0.3 is 29.6 Å².